The third kappa shape index (κ3) is 9.42. The van der Waals surface area contributed by atoms with Gasteiger partial charge in [0.25, 0.3) is 0 Å². The van der Waals surface area contributed by atoms with Gasteiger partial charge in [0.05, 0.1) is 34.1 Å². The van der Waals surface area contributed by atoms with Crippen LogP contribution >= 0.6 is 11.8 Å². The molecule has 0 aromatic heterocycles. The van der Waals surface area contributed by atoms with E-state index < -0.39 is 0 Å². The van der Waals surface area contributed by atoms with E-state index in [0.29, 0.717) is 0 Å². The van der Waals surface area contributed by atoms with E-state index in [0.717, 1.165) is 0 Å². The summed E-state index contributed by atoms with van der Waals surface area (Å²) in [6, 6.07) is 128. The van der Waals surface area contributed by atoms with Gasteiger partial charge < -0.3 is 9.80 Å². The van der Waals surface area contributed by atoms with E-state index in [2.05, 4.69) is 415 Å². The zero-order valence-corrected chi connectivity index (χ0v) is 67.5. The largest absolute Gasteiger partial charge is 0.309 e. The molecule has 2 aliphatic carbocycles. The second kappa shape index (κ2) is 24.5. The quantitative estimate of drug-likeness (QED) is 0.0986. The van der Waals surface area contributed by atoms with Gasteiger partial charge in [0.15, 0.2) is 0 Å². The van der Waals surface area contributed by atoms with Gasteiger partial charge in [-0.3, -0.25) is 0 Å². The van der Waals surface area contributed by atoms with Crippen LogP contribution in [0.15, 0.2) is 350 Å². The maximum Gasteiger partial charge on any atom is 0.0620 e. The van der Waals surface area contributed by atoms with Crippen molar-refractivity contribution in [3.05, 3.63) is 384 Å². The standard InChI is InChI=1S/C58H42N2S.C50H38N2Se/c1-57(2)44-27-13-14-28-47(44)59(50-34-45-43(33-46(50)57)53-37-21-7-5-19-35(37)36-20-6-8-22-38(36)54(53)58(45,3)4)55-39-23-9-11-25-41(39)56(42-26-12-10-24-40(42)55)60-48-29-15-17-31-51(48)61-52-32-18-16-30-49(52)60;1-49(2)37-19-7-8-20-43(37)51(46-30-39-36(29-40(46)49)35-27-31-15-5-6-16-32(31)28-38(35)50(39,3)4)41-23-13-18-34-33(41)17-14-24-42(34)52-44-21-9-11-25-47(44)53-48-26-12-10-22-45(48)52/h5-34H,1-4H3;5-30H,1-4H3. The Labute approximate surface area is 676 Å². The Morgan fingerprint density at radius 2 is 0.561 bits per heavy atom. The Kier molecular flexibility index (Phi) is 14.5. The summed E-state index contributed by atoms with van der Waals surface area (Å²) in [5, 5.41) is 15.3. The van der Waals surface area contributed by atoms with Crippen LogP contribution in [0.4, 0.5) is 68.2 Å². The number of para-hydroxylation sites is 6. The molecule has 0 fully saturated rings. The summed E-state index contributed by atoms with van der Waals surface area (Å²) < 4.78 is 2.83. The van der Waals surface area contributed by atoms with E-state index in [9.17, 15) is 0 Å². The molecule has 0 atom stereocenters. The molecule has 0 spiro atoms. The van der Waals surface area contributed by atoms with Crippen molar-refractivity contribution in [2.24, 2.45) is 0 Å². The van der Waals surface area contributed by atoms with Crippen LogP contribution in [0.2, 0.25) is 0 Å². The van der Waals surface area contributed by atoms with Crippen LogP contribution in [0.3, 0.4) is 0 Å². The van der Waals surface area contributed by atoms with Crippen LogP contribution in [0.1, 0.15) is 99.9 Å². The minimum Gasteiger partial charge on any atom is -0.309 e. The fourth-order valence-electron chi connectivity index (χ4n) is 20.9. The molecule has 24 rings (SSSR count). The van der Waals surface area contributed by atoms with Gasteiger partial charge in [0.1, 0.15) is 0 Å². The Hall–Kier alpha value is -12.4. The molecule has 114 heavy (non-hydrogen) atoms. The minimum absolute atomic E-state index is 0.140. The zero-order valence-electron chi connectivity index (χ0n) is 64.9. The molecule has 0 radical (unpaired) electrons. The van der Waals surface area contributed by atoms with Crippen molar-refractivity contribution in [1.29, 1.82) is 0 Å². The van der Waals surface area contributed by atoms with Gasteiger partial charge in [-0.05, 0) is 131 Å². The fraction of sp³-hybridized carbons (Fsp3) is 0.111. The summed E-state index contributed by atoms with van der Waals surface area (Å²) in [6.07, 6.45) is 0. The van der Waals surface area contributed by atoms with E-state index in [1.165, 1.54) is 218 Å². The zero-order chi connectivity index (χ0) is 76.4. The van der Waals surface area contributed by atoms with Gasteiger partial charge >= 0.3 is 247 Å². The number of rotatable bonds is 4. The first-order valence-electron chi connectivity index (χ1n) is 40.1. The van der Waals surface area contributed by atoms with Crippen molar-refractivity contribution in [1.82, 2.24) is 0 Å². The van der Waals surface area contributed by atoms with E-state index in [-0.39, 0.29) is 36.6 Å². The summed E-state index contributed by atoms with van der Waals surface area (Å²) in [6.45, 7) is 19.4. The summed E-state index contributed by atoms with van der Waals surface area (Å²) >= 11 is 2.12. The monoisotopic (exact) mass is 1540 g/mol. The van der Waals surface area contributed by atoms with Crippen molar-refractivity contribution in [3.63, 3.8) is 0 Å². The van der Waals surface area contributed by atoms with Crippen LogP contribution in [0.5, 0.6) is 0 Å². The average molecular weight is 1540 g/mol. The molecule has 4 heterocycles. The molecule has 0 saturated carbocycles. The molecule has 0 saturated heterocycles. The number of benzene rings is 18. The van der Waals surface area contributed by atoms with Crippen LogP contribution in [-0.2, 0) is 21.7 Å². The van der Waals surface area contributed by atoms with Crippen LogP contribution in [0.25, 0.3) is 86.9 Å². The second-order valence-corrected chi connectivity index (χ2v) is 37.2. The van der Waals surface area contributed by atoms with Crippen LogP contribution in [0, 0.1) is 0 Å². The Morgan fingerprint density at radius 1 is 0.219 bits per heavy atom. The first kappa shape index (κ1) is 67.3. The first-order valence-corrected chi connectivity index (χ1v) is 42.6. The van der Waals surface area contributed by atoms with Gasteiger partial charge in [-0.25, -0.2) is 0 Å². The van der Waals surface area contributed by atoms with Crippen molar-refractivity contribution >= 4 is 169 Å². The number of fused-ring (bicyclic) bond motifs is 23. The number of nitrogens with zero attached hydrogens (tertiary/aromatic N) is 4. The summed E-state index contributed by atoms with van der Waals surface area (Å²) in [7, 11) is 0. The van der Waals surface area contributed by atoms with E-state index in [1.54, 1.807) is 0 Å². The first-order chi connectivity index (χ1) is 55.6. The van der Waals surface area contributed by atoms with E-state index >= 15 is 0 Å². The third-order valence-electron chi connectivity index (χ3n) is 26.3. The maximum atomic E-state index is 2.63. The molecule has 0 unspecified atom stereocenters. The topological polar surface area (TPSA) is 13.0 Å². The Balaban J connectivity index is 0.000000137. The molecule has 6 heteroatoms. The molecule has 4 aliphatic heterocycles. The SMILES string of the molecule is CC1(C)c2cc3c(cc2-c2cc4ccccc4cc21)C(C)(C)c1ccccc1N3c1cccc2c(N3c4ccccc4[Se]c4ccccc43)cccc12.CC1(C)c2ccccc2N(c2c3ccccc3c(N3c4ccccc4Sc4ccccc43)c3ccccc23)c2cc3c(cc21)-c1c(c2ccccc2c2ccccc12)C3(C)C. The van der Waals surface area contributed by atoms with Crippen LogP contribution in [-0.4, -0.2) is 15.0 Å². The molecule has 6 aliphatic rings. The van der Waals surface area contributed by atoms with Gasteiger partial charge in [-0.1, -0.05) is 217 Å². The molecular weight excluding hydrogens is 1460 g/mol. The van der Waals surface area contributed by atoms with Crippen molar-refractivity contribution < 1.29 is 0 Å². The summed E-state index contributed by atoms with van der Waals surface area (Å²) in [4.78, 5) is 12.8. The second-order valence-electron chi connectivity index (χ2n) is 33.8. The van der Waals surface area contributed by atoms with Gasteiger partial charge in [0, 0.05) is 42.2 Å². The van der Waals surface area contributed by atoms with Gasteiger partial charge in [0.2, 0.25) is 0 Å². The van der Waals surface area contributed by atoms with Gasteiger partial charge in [-0.15, -0.1) is 0 Å². The molecule has 0 bridgehead atoms. The minimum atomic E-state index is -0.262. The Bertz CT molecular complexity index is 7100. The molecule has 18 aromatic rings. The number of hydrogen-bond donors (Lipinski definition) is 0. The van der Waals surface area contributed by atoms with Crippen molar-refractivity contribution in [3.8, 4) is 22.3 Å². The van der Waals surface area contributed by atoms with E-state index in [1.807, 2.05) is 11.8 Å². The number of anilines is 12. The normalized spacial score (nSPS) is 15.5. The molecule has 4 nitrogen and oxygen atoms in total. The van der Waals surface area contributed by atoms with Crippen LogP contribution < -0.4 is 28.5 Å². The predicted octanol–water partition coefficient (Wildman–Crippen LogP) is 28.5. The summed E-state index contributed by atoms with van der Waals surface area (Å²) in [5.41, 5.74) is 30.5. The molecule has 18 aromatic carbocycles. The van der Waals surface area contributed by atoms with Gasteiger partial charge in [-0.2, -0.15) is 0 Å². The molecule has 0 N–H and O–H groups in total. The fourth-order valence-corrected chi connectivity index (χ4v) is 24.2. The third-order valence-corrected chi connectivity index (χ3v) is 29.8. The molecular formula is C108H80N4SSe. The smallest absolute Gasteiger partial charge is 0.0620 e. The van der Waals surface area contributed by atoms with Crippen molar-refractivity contribution in [2.45, 2.75) is 86.8 Å². The maximum absolute atomic E-state index is 2.63. The van der Waals surface area contributed by atoms with E-state index in [4.69, 9.17) is 0 Å². The Morgan fingerprint density at radius 3 is 1.11 bits per heavy atom. The van der Waals surface area contributed by atoms with Crippen molar-refractivity contribution in [2.75, 3.05) is 19.6 Å². The molecule has 0 amide bonds. The average Bonchev–Trinajstić information content (AvgIpc) is 1.41. The summed E-state index contributed by atoms with van der Waals surface area (Å²) in [5.74, 6) is 0. The number of hydrogen-bond acceptors (Lipinski definition) is 5. The molecule has 544 valence electrons. The predicted molar refractivity (Wildman–Crippen MR) is 485 cm³/mol.